The number of nitrogens with zero attached hydrogens (tertiary/aromatic N) is 2. The number of nitrogens with one attached hydrogen (secondary N) is 1. The van der Waals surface area contributed by atoms with Gasteiger partial charge in [-0.15, -0.1) is 5.11 Å². The molecule has 0 saturated heterocycles. The molecule has 11 heteroatoms. The zero-order chi connectivity index (χ0) is 23.1. The maximum absolute atomic E-state index is 12.8. The highest BCUT2D eigenvalue weighted by Crippen LogP contribution is 2.43. The van der Waals surface area contributed by atoms with Crippen molar-refractivity contribution >= 4 is 46.3 Å². The molecule has 166 valence electrons. The molecule has 2 aromatic carbocycles. The van der Waals surface area contributed by atoms with Crippen molar-refractivity contribution < 1.29 is 28.5 Å². The Labute approximate surface area is 189 Å². The van der Waals surface area contributed by atoms with Gasteiger partial charge in [0.2, 0.25) is 6.04 Å². The second kappa shape index (κ2) is 10.8. The maximum Gasteiger partial charge on any atom is 0.258 e. The van der Waals surface area contributed by atoms with Crippen LogP contribution in [0.15, 0.2) is 34.5 Å². The number of ketones is 1. The number of hydrogen-bond donors (Lipinski definition) is 1. The summed E-state index contributed by atoms with van der Waals surface area (Å²) in [5.41, 5.74) is 0.319. The van der Waals surface area contributed by atoms with E-state index >= 15 is 0 Å². The third-order valence-corrected chi connectivity index (χ3v) is 4.68. The highest BCUT2D eigenvalue weighted by atomic mass is 35.5. The Morgan fingerprint density at radius 2 is 1.61 bits per heavy atom. The largest absolute Gasteiger partial charge is 0.497 e. The SMILES string of the molecule is COc1cc(Cl)c(OC)c(NC(=O)C(N=Nc2c(Cl)ccc(OC)c2OC)C(C)=O)c1. The number of Topliss-reactive ketones (excluding diaryl/α,β-unsaturated/α-hetero) is 1. The van der Waals surface area contributed by atoms with Gasteiger partial charge in [-0.3, -0.25) is 9.59 Å². The van der Waals surface area contributed by atoms with Crippen LogP contribution in [-0.4, -0.2) is 46.2 Å². The molecule has 2 rings (SSSR count). The number of methoxy groups -OCH3 is 4. The molecule has 0 aliphatic carbocycles. The molecule has 0 aliphatic rings. The summed E-state index contributed by atoms with van der Waals surface area (Å²) in [4.78, 5) is 24.9. The van der Waals surface area contributed by atoms with Gasteiger partial charge in [-0.05, 0) is 19.1 Å². The van der Waals surface area contributed by atoms with Gasteiger partial charge in [-0.25, -0.2) is 0 Å². The standard InChI is InChI=1S/C20H21Cl2N3O6/c1-10(26)16(24-25-17-12(21)6-7-15(29-3)19(17)31-5)20(27)23-14-9-11(28-2)8-13(22)18(14)30-4/h6-9,16H,1-5H3,(H,23,27). The number of anilines is 1. The van der Waals surface area contributed by atoms with Gasteiger partial charge in [0, 0.05) is 12.1 Å². The molecule has 1 unspecified atom stereocenters. The summed E-state index contributed by atoms with van der Waals surface area (Å²) in [6, 6.07) is 4.67. The first-order valence-electron chi connectivity index (χ1n) is 8.81. The molecule has 31 heavy (non-hydrogen) atoms. The Balaban J connectivity index is 2.40. The number of azo groups is 1. The minimum atomic E-state index is -1.47. The van der Waals surface area contributed by atoms with Gasteiger partial charge < -0.3 is 24.3 Å². The van der Waals surface area contributed by atoms with Crippen molar-refractivity contribution in [3.63, 3.8) is 0 Å². The topological polar surface area (TPSA) is 108 Å². The van der Waals surface area contributed by atoms with E-state index in [4.69, 9.17) is 42.1 Å². The van der Waals surface area contributed by atoms with Crippen molar-refractivity contribution in [3.8, 4) is 23.0 Å². The number of carbonyl (C=O) groups excluding carboxylic acids is 2. The molecule has 0 spiro atoms. The molecular formula is C20H21Cl2N3O6. The van der Waals surface area contributed by atoms with Crippen molar-refractivity contribution in [2.75, 3.05) is 33.8 Å². The van der Waals surface area contributed by atoms with E-state index in [1.165, 1.54) is 53.6 Å². The van der Waals surface area contributed by atoms with Gasteiger partial charge in [0.15, 0.2) is 23.0 Å². The minimum Gasteiger partial charge on any atom is -0.497 e. The number of halogens is 2. The first kappa shape index (κ1) is 24.2. The Bertz CT molecular complexity index is 1010. The van der Waals surface area contributed by atoms with Crippen LogP contribution >= 0.6 is 23.2 Å². The molecule has 1 amide bonds. The average Bonchev–Trinajstić information content (AvgIpc) is 2.74. The second-order valence-electron chi connectivity index (χ2n) is 6.04. The Morgan fingerprint density at radius 3 is 2.16 bits per heavy atom. The van der Waals surface area contributed by atoms with E-state index in [0.29, 0.717) is 11.5 Å². The number of rotatable bonds is 9. The van der Waals surface area contributed by atoms with Gasteiger partial charge >= 0.3 is 0 Å². The summed E-state index contributed by atoms with van der Waals surface area (Å²) in [6.07, 6.45) is 0. The third kappa shape index (κ3) is 5.56. The normalized spacial score (nSPS) is 11.7. The van der Waals surface area contributed by atoms with Crippen LogP contribution in [0.25, 0.3) is 0 Å². The molecule has 0 bridgehead atoms. The number of carbonyl (C=O) groups is 2. The van der Waals surface area contributed by atoms with Crippen LogP contribution in [0.1, 0.15) is 6.92 Å². The van der Waals surface area contributed by atoms with E-state index in [1.807, 2.05) is 0 Å². The molecular weight excluding hydrogens is 449 g/mol. The van der Waals surface area contributed by atoms with Gasteiger partial charge in [-0.2, -0.15) is 5.11 Å². The lowest BCUT2D eigenvalue weighted by molar-refractivity contribution is -0.126. The molecule has 9 nitrogen and oxygen atoms in total. The lowest BCUT2D eigenvalue weighted by Crippen LogP contribution is -2.32. The fourth-order valence-electron chi connectivity index (χ4n) is 2.60. The summed E-state index contributed by atoms with van der Waals surface area (Å²) in [6.45, 7) is 1.21. The lowest BCUT2D eigenvalue weighted by atomic mass is 10.2. The summed E-state index contributed by atoms with van der Waals surface area (Å²) in [7, 11) is 5.69. The van der Waals surface area contributed by atoms with E-state index < -0.39 is 17.7 Å². The quantitative estimate of drug-likeness (QED) is 0.420. The number of benzene rings is 2. The summed E-state index contributed by atoms with van der Waals surface area (Å²) in [5.74, 6) is -0.144. The highest BCUT2D eigenvalue weighted by molar-refractivity contribution is 6.33. The molecule has 1 atom stereocenters. The first-order chi connectivity index (χ1) is 14.8. The first-order valence-corrected chi connectivity index (χ1v) is 9.57. The van der Waals surface area contributed by atoms with Crippen molar-refractivity contribution in [1.29, 1.82) is 0 Å². The average molecular weight is 470 g/mol. The second-order valence-corrected chi connectivity index (χ2v) is 6.85. The molecule has 1 N–H and O–H groups in total. The smallest absolute Gasteiger partial charge is 0.258 e. The van der Waals surface area contributed by atoms with Gasteiger partial charge in [0.05, 0.1) is 44.2 Å². The van der Waals surface area contributed by atoms with E-state index in [0.717, 1.165) is 0 Å². The van der Waals surface area contributed by atoms with Crippen LogP contribution in [0.3, 0.4) is 0 Å². The number of hydrogen-bond acceptors (Lipinski definition) is 8. The van der Waals surface area contributed by atoms with Crippen LogP contribution < -0.4 is 24.3 Å². The molecule has 0 aliphatic heterocycles. The van der Waals surface area contributed by atoms with E-state index in [2.05, 4.69) is 15.5 Å². The Kier molecular flexibility index (Phi) is 8.47. The van der Waals surface area contributed by atoms with E-state index in [1.54, 1.807) is 6.07 Å². The minimum absolute atomic E-state index is 0.115. The summed E-state index contributed by atoms with van der Waals surface area (Å²) >= 11 is 12.3. The van der Waals surface area contributed by atoms with Crippen molar-refractivity contribution in [1.82, 2.24) is 0 Å². The molecule has 0 saturated carbocycles. The zero-order valence-corrected chi connectivity index (χ0v) is 19.0. The van der Waals surface area contributed by atoms with Crippen LogP contribution in [0.2, 0.25) is 10.0 Å². The van der Waals surface area contributed by atoms with Crippen molar-refractivity contribution in [2.45, 2.75) is 13.0 Å². The van der Waals surface area contributed by atoms with Gasteiger partial charge in [0.25, 0.3) is 5.91 Å². The molecule has 2 aromatic rings. The predicted octanol–water partition coefficient (Wildman–Crippen LogP) is 4.71. The van der Waals surface area contributed by atoms with E-state index in [9.17, 15) is 9.59 Å². The molecule has 0 heterocycles. The van der Waals surface area contributed by atoms with Gasteiger partial charge in [-0.1, -0.05) is 23.2 Å². The van der Waals surface area contributed by atoms with Crippen LogP contribution in [0.5, 0.6) is 23.0 Å². The van der Waals surface area contributed by atoms with Crippen LogP contribution in [0.4, 0.5) is 11.4 Å². The van der Waals surface area contributed by atoms with Crippen LogP contribution in [-0.2, 0) is 9.59 Å². The van der Waals surface area contributed by atoms with Gasteiger partial charge in [0.1, 0.15) is 11.4 Å². The molecule has 0 radical (unpaired) electrons. The zero-order valence-electron chi connectivity index (χ0n) is 17.5. The molecule has 0 aromatic heterocycles. The fourth-order valence-corrected chi connectivity index (χ4v) is 3.07. The van der Waals surface area contributed by atoms with E-state index in [-0.39, 0.29) is 32.9 Å². The van der Waals surface area contributed by atoms with Crippen molar-refractivity contribution in [2.24, 2.45) is 10.2 Å². The lowest BCUT2D eigenvalue weighted by Gasteiger charge is -2.15. The Morgan fingerprint density at radius 1 is 0.935 bits per heavy atom. The third-order valence-electron chi connectivity index (χ3n) is 4.09. The summed E-state index contributed by atoms with van der Waals surface area (Å²) in [5, 5.41) is 10.9. The number of ether oxygens (including phenoxy) is 4. The molecule has 0 fully saturated rings. The van der Waals surface area contributed by atoms with Crippen molar-refractivity contribution in [3.05, 3.63) is 34.3 Å². The Hall–Kier alpha value is -3.04. The van der Waals surface area contributed by atoms with Crippen LogP contribution in [0, 0.1) is 0 Å². The summed E-state index contributed by atoms with van der Waals surface area (Å²) < 4.78 is 20.9. The fraction of sp³-hybridized carbons (Fsp3) is 0.300. The monoisotopic (exact) mass is 469 g/mol. The highest BCUT2D eigenvalue weighted by Gasteiger charge is 2.26. The maximum atomic E-state index is 12.8. The number of amides is 1. The predicted molar refractivity (Wildman–Crippen MR) is 117 cm³/mol.